The van der Waals surface area contributed by atoms with E-state index >= 15 is 0 Å². The second-order valence-corrected chi connectivity index (χ2v) is 6.25. The molecule has 0 bridgehead atoms. The van der Waals surface area contributed by atoms with Crippen molar-refractivity contribution in [3.05, 3.63) is 11.3 Å². The first kappa shape index (κ1) is 15.4. The first-order chi connectivity index (χ1) is 9.56. The highest BCUT2D eigenvalue weighted by molar-refractivity contribution is 5.51. The lowest BCUT2D eigenvalue weighted by Gasteiger charge is -2.34. The van der Waals surface area contributed by atoms with E-state index in [4.69, 9.17) is 5.73 Å². The Balaban J connectivity index is 2.25. The molecule has 1 aliphatic heterocycles. The third-order valence-electron chi connectivity index (χ3n) is 4.70. The van der Waals surface area contributed by atoms with E-state index in [2.05, 4.69) is 42.5 Å². The SMILES string of the molecule is CCC(N)Cc1c(C)nn(C)c1N1CCCC(CC)C1. The molecular formula is C16H30N4. The largest absolute Gasteiger partial charge is 0.356 e. The second-order valence-electron chi connectivity index (χ2n) is 6.25. The first-order valence-electron chi connectivity index (χ1n) is 8.09. The molecule has 1 saturated heterocycles. The van der Waals surface area contributed by atoms with E-state index < -0.39 is 0 Å². The number of rotatable bonds is 5. The molecular weight excluding hydrogens is 248 g/mol. The summed E-state index contributed by atoms with van der Waals surface area (Å²) in [5.41, 5.74) is 8.68. The summed E-state index contributed by atoms with van der Waals surface area (Å²) in [5, 5.41) is 4.64. The van der Waals surface area contributed by atoms with Crippen molar-refractivity contribution in [3.8, 4) is 0 Å². The van der Waals surface area contributed by atoms with Gasteiger partial charge in [0, 0.05) is 31.7 Å². The van der Waals surface area contributed by atoms with Crippen LogP contribution in [0.5, 0.6) is 0 Å². The van der Waals surface area contributed by atoms with Gasteiger partial charge >= 0.3 is 0 Å². The summed E-state index contributed by atoms with van der Waals surface area (Å²) in [6.07, 6.45) is 5.90. The fourth-order valence-electron chi connectivity index (χ4n) is 3.32. The van der Waals surface area contributed by atoms with Gasteiger partial charge in [-0.2, -0.15) is 5.10 Å². The molecule has 114 valence electrons. The lowest BCUT2D eigenvalue weighted by Crippen LogP contribution is -2.37. The minimum atomic E-state index is 0.239. The zero-order chi connectivity index (χ0) is 14.7. The smallest absolute Gasteiger partial charge is 0.130 e. The molecule has 2 rings (SSSR count). The Morgan fingerprint density at radius 1 is 1.40 bits per heavy atom. The van der Waals surface area contributed by atoms with Crippen LogP contribution in [0.4, 0.5) is 5.82 Å². The summed E-state index contributed by atoms with van der Waals surface area (Å²) in [7, 11) is 2.07. The number of anilines is 1. The van der Waals surface area contributed by atoms with Gasteiger partial charge in [-0.05, 0) is 38.5 Å². The van der Waals surface area contributed by atoms with Crippen molar-refractivity contribution in [2.75, 3.05) is 18.0 Å². The van der Waals surface area contributed by atoms with Crippen LogP contribution in [0.2, 0.25) is 0 Å². The van der Waals surface area contributed by atoms with Gasteiger partial charge in [0.05, 0.1) is 5.69 Å². The van der Waals surface area contributed by atoms with Crippen LogP contribution in [0, 0.1) is 12.8 Å². The summed E-state index contributed by atoms with van der Waals surface area (Å²) < 4.78 is 2.06. The molecule has 2 unspecified atom stereocenters. The van der Waals surface area contributed by atoms with E-state index in [-0.39, 0.29) is 6.04 Å². The second kappa shape index (κ2) is 6.61. The number of nitrogens with two attached hydrogens (primary N) is 1. The zero-order valence-electron chi connectivity index (χ0n) is 13.5. The molecule has 4 heteroatoms. The predicted octanol–water partition coefficient (Wildman–Crippen LogP) is 2.63. The normalized spacial score (nSPS) is 21.2. The van der Waals surface area contributed by atoms with E-state index in [1.165, 1.54) is 37.2 Å². The van der Waals surface area contributed by atoms with Gasteiger partial charge in [-0.25, -0.2) is 0 Å². The molecule has 4 nitrogen and oxygen atoms in total. The molecule has 1 fully saturated rings. The van der Waals surface area contributed by atoms with Gasteiger partial charge in [0.25, 0.3) is 0 Å². The molecule has 0 amide bonds. The molecule has 2 N–H and O–H groups in total. The van der Waals surface area contributed by atoms with Crippen molar-refractivity contribution < 1.29 is 0 Å². The molecule has 2 atom stereocenters. The summed E-state index contributed by atoms with van der Waals surface area (Å²) in [5.74, 6) is 2.14. The number of hydrogen-bond acceptors (Lipinski definition) is 3. The summed E-state index contributed by atoms with van der Waals surface area (Å²) in [6, 6.07) is 0.239. The Bertz CT molecular complexity index is 438. The molecule has 1 aromatic rings. The van der Waals surface area contributed by atoms with Crippen molar-refractivity contribution in [2.24, 2.45) is 18.7 Å². The Kier molecular flexibility index (Phi) is 5.08. The number of aromatic nitrogens is 2. The van der Waals surface area contributed by atoms with Crippen LogP contribution in [0.1, 0.15) is 50.8 Å². The maximum atomic E-state index is 6.18. The molecule has 0 aromatic carbocycles. The fraction of sp³-hybridized carbons (Fsp3) is 0.812. The lowest BCUT2D eigenvalue weighted by atomic mass is 9.95. The number of nitrogens with zero attached hydrogens (tertiary/aromatic N) is 3. The van der Waals surface area contributed by atoms with E-state index in [9.17, 15) is 0 Å². The van der Waals surface area contributed by atoms with Crippen molar-refractivity contribution in [1.82, 2.24) is 9.78 Å². The van der Waals surface area contributed by atoms with Crippen LogP contribution >= 0.6 is 0 Å². The molecule has 0 spiro atoms. The molecule has 0 radical (unpaired) electrons. The average molecular weight is 278 g/mol. The Morgan fingerprint density at radius 3 is 2.80 bits per heavy atom. The van der Waals surface area contributed by atoms with Gasteiger partial charge in [0.1, 0.15) is 5.82 Å². The maximum Gasteiger partial charge on any atom is 0.130 e. The topological polar surface area (TPSA) is 47.1 Å². The molecule has 1 aromatic heterocycles. The number of piperidine rings is 1. The van der Waals surface area contributed by atoms with Crippen molar-refractivity contribution in [2.45, 2.75) is 58.9 Å². The summed E-state index contributed by atoms with van der Waals surface area (Å²) in [6.45, 7) is 8.90. The van der Waals surface area contributed by atoms with E-state index in [1.54, 1.807) is 0 Å². The van der Waals surface area contributed by atoms with Crippen LogP contribution in [-0.4, -0.2) is 28.9 Å². The highest BCUT2D eigenvalue weighted by atomic mass is 15.4. The predicted molar refractivity (Wildman–Crippen MR) is 85.1 cm³/mol. The first-order valence-corrected chi connectivity index (χ1v) is 8.09. The zero-order valence-corrected chi connectivity index (χ0v) is 13.5. The quantitative estimate of drug-likeness (QED) is 0.900. The van der Waals surface area contributed by atoms with Gasteiger partial charge < -0.3 is 10.6 Å². The van der Waals surface area contributed by atoms with Crippen LogP contribution in [-0.2, 0) is 13.5 Å². The molecule has 20 heavy (non-hydrogen) atoms. The Morgan fingerprint density at radius 2 is 2.15 bits per heavy atom. The van der Waals surface area contributed by atoms with E-state index in [0.29, 0.717) is 0 Å². The van der Waals surface area contributed by atoms with Crippen LogP contribution < -0.4 is 10.6 Å². The molecule has 0 saturated carbocycles. The molecule has 1 aliphatic rings. The van der Waals surface area contributed by atoms with Gasteiger partial charge in [-0.15, -0.1) is 0 Å². The Hall–Kier alpha value is -1.03. The van der Waals surface area contributed by atoms with E-state index in [1.807, 2.05) is 0 Å². The van der Waals surface area contributed by atoms with Gasteiger partial charge in [0.2, 0.25) is 0 Å². The van der Waals surface area contributed by atoms with Crippen molar-refractivity contribution in [3.63, 3.8) is 0 Å². The standard InChI is InChI=1S/C16H30N4/c1-5-13-8-7-9-20(11-13)16-15(10-14(17)6-2)12(3)18-19(16)4/h13-14H,5-11,17H2,1-4H3. The van der Waals surface area contributed by atoms with Crippen LogP contribution in [0.3, 0.4) is 0 Å². The lowest BCUT2D eigenvalue weighted by molar-refractivity contribution is 0.399. The van der Waals surface area contributed by atoms with Gasteiger partial charge in [0.15, 0.2) is 0 Å². The minimum Gasteiger partial charge on any atom is -0.356 e. The third kappa shape index (κ3) is 3.17. The number of hydrogen-bond donors (Lipinski definition) is 1. The van der Waals surface area contributed by atoms with Gasteiger partial charge in [-0.3, -0.25) is 4.68 Å². The van der Waals surface area contributed by atoms with Crippen LogP contribution in [0.25, 0.3) is 0 Å². The molecule has 0 aliphatic carbocycles. The maximum absolute atomic E-state index is 6.18. The highest BCUT2D eigenvalue weighted by Crippen LogP contribution is 2.29. The van der Waals surface area contributed by atoms with E-state index in [0.717, 1.165) is 31.0 Å². The average Bonchev–Trinajstić information content (AvgIpc) is 2.73. The fourth-order valence-corrected chi connectivity index (χ4v) is 3.32. The van der Waals surface area contributed by atoms with Gasteiger partial charge in [-0.1, -0.05) is 20.3 Å². The number of aryl methyl sites for hydroxylation is 2. The minimum absolute atomic E-state index is 0.239. The monoisotopic (exact) mass is 278 g/mol. The summed E-state index contributed by atoms with van der Waals surface area (Å²) >= 11 is 0. The highest BCUT2D eigenvalue weighted by Gasteiger charge is 2.25. The molecule has 2 heterocycles. The summed E-state index contributed by atoms with van der Waals surface area (Å²) in [4.78, 5) is 2.54. The Labute approximate surface area is 123 Å². The van der Waals surface area contributed by atoms with Crippen molar-refractivity contribution >= 4 is 5.82 Å². The van der Waals surface area contributed by atoms with Crippen LogP contribution in [0.15, 0.2) is 0 Å². The van der Waals surface area contributed by atoms with Crippen molar-refractivity contribution in [1.29, 1.82) is 0 Å². The third-order valence-corrected chi connectivity index (χ3v) is 4.70.